The molecule has 46 heavy (non-hydrogen) atoms. The Balaban J connectivity index is 1.51. The van der Waals surface area contributed by atoms with Crippen LogP contribution < -0.4 is 27.3 Å². The monoisotopic (exact) mass is 573 g/mol. The van der Waals surface area contributed by atoms with Crippen LogP contribution in [-0.2, 0) is 0 Å². The highest BCUT2D eigenvalue weighted by Crippen LogP contribution is 2.43. The Morgan fingerprint density at radius 2 is 1.04 bits per heavy atom. The summed E-state index contributed by atoms with van der Waals surface area (Å²) < 4.78 is 2.12. The predicted octanol–water partition coefficient (Wildman–Crippen LogP) is 3.70. The molecule has 8 heteroatoms. The van der Waals surface area contributed by atoms with Gasteiger partial charge in [0, 0.05) is 34.3 Å². The Labute approximate surface area is 273 Å². The molecule has 0 spiro atoms. The van der Waals surface area contributed by atoms with Gasteiger partial charge in [0.1, 0.15) is 45.1 Å². The van der Waals surface area contributed by atoms with Gasteiger partial charge >= 0.3 is 0 Å². The minimum absolute atomic E-state index is 0.162. The molecule has 3 nitrogen and oxygen atoms in total. The second kappa shape index (κ2) is 11.0. The van der Waals surface area contributed by atoms with E-state index in [9.17, 15) is 0 Å². The first-order chi connectivity index (χ1) is 22.4. The fourth-order valence-electron chi connectivity index (χ4n) is 6.56. The molecule has 0 N–H and O–H groups in total. The summed E-state index contributed by atoms with van der Waals surface area (Å²) in [5, 5.41) is 4.22. The molecule has 202 valence electrons. The van der Waals surface area contributed by atoms with Gasteiger partial charge in [-0.15, -0.1) is 16.4 Å². The van der Waals surface area contributed by atoms with Crippen molar-refractivity contribution in [2.24, 2.45) is 0 Å². The fraction of sp³-hybridized carbons (Fsp3) is 0. The van der Waals surface area contributed by atoms with Crippen molar-refractivity contribution in [3.63, 3.8) is 0 Å². The molecule has 10 radical (unpaired) electrons. The maximum atomic E-state index is 6.64. The second-order valence-electron chi connectivity index (χ2n) is 11.3. The lowest BCUT2D eigenvalue weighted by molar-refractivity contribution is 1.13. The average Bonchev–Trinajstić information content (AvgIpc) is 3.47. The van der Waals surface area contributed by atoms with E-state index < -0.39 is 0 Å². The first-order valence-electron chi connectivity index (χ1n) is 14.9. The van der Waals surface area contributed by atoms with Crippen molar-refractivity contribution in [2.45, 2.75) is 0 Å². The van der Waals surface area contributed by atoms with Gasteiger partial charge in [0.05, 0.1) is 16.7 Å². The summed E-state index contributed by atoms with van der Waals surface area (Å²) in [6.45, 7) is 0. The van der Waals surface area contributed by atoms with Gasteiger partial charge in [0.2, 0.25) is 0 Å². The summed E-state index contributed by atoms with van der Waals surface area (Å²) >= 11 is 0. The number of nitrogens with zero attached hydrogens (tertiary/aromatic N) is 3. The van der Waals surface area contributed by atoms with Crippen molar-refractivity contribution in [1.82, 2.24) is 14.5 Å². The summed E-state index contributed by atoms with van der Waals surface area (Å²) in [5.74, 6) is 0.524. The van der Waals surface area contributed by atoms with Crippen LogP contribution in [0.15, 0.2) is 122 Å². The van der Waals surface area contributed by atoms with E-state index in [2.05, 4.69) is 88.4 Å². The van der Waals surface area contributed by atoms with Gasteiger partial charge in [-0.25, -0.2) is 4.98 Å². The van der Waals surface area contributed by atoms with Crippen LogP contribution in [0.1, 0.15) is 0 Å². The molecule has 0 saturated carbocycles. The molecule has 0 amide bonds. The van der Waals surface area contributed by atoms with Crippen molar-refractivity contribution in [3.8, 4) is 39.3 Å². The molecule has 0 unspecified atom stereocenters. The number of para-hydroxylation sites is 2. The van der Waals surface area contributed by atoms with Crippen LogP contribution >= 0.6 is 0 Å². The summed E-state index contributed by atoms with van der Waals surface area (Å²) in [4.78, 5) is 9.42. The van der Waals surface area contributed by atoms with Gasteiger partial charge in [-0.05, 0) is 51.7 Å². The van der Waals surface area contributed by atoms with Crippen LogP contribution in [0.5, 0.6) is 0 Å². The summed E-state index contributed by atoms with van der Waals surface area (Å²) in [7, 11) is 32.2. The van der Waals surface area contributed by atoms with Crippen LogP contribution in [0.25, 0.3) is 71.9 Å². The highest BCUT2D eigenvalue weighted by molar-refractivity contribution is 6.68. The lowest BCUT2D eigenvalue weighted by Crippen LogP contribution is -2.55. The molecule has 0 aliphatic carbocycles. The fourth-order valence-corrected chi connectivity index (χ4v) is 6.56. The molecule has 0 atom stereocenters. The number of fused-ring (bicyclic) bond motifs is 3. The first kappa shape index (κ1) is 28.3. The minimum Gasteiger partial charge on any atom is -0.291 e. The number of aromatic nitrogens is 3. The first-order valence-corrected chi connectivity index (χ1v) is 14.9. The normalized spacial score (nSPS) is 11.5. The zero-order chi connectivity index (χ0) is 31.5. The summed E-state index contributed by atoms with van der Waals surface area (Å²) in [5.41, 5.74) is 8.41. The molecule has 0 saturated heterocycles. The third-order valence-electron chi connectivity index (χ3n) is 8.76. The van der Waals surface area contributed by atoms with Gasteiger partial charge in [-0.3, -0.25) is 9.55 Å². The number of imidazole rings is 1. The highest BCUT2D eigenvalue weighted by atomic mass is 15.1. The van der Waals surface area contributed by atoms with Crippen LogP contribution in [0.3, 0.4) is 0 Å². The predicted molar refractivity (Wildman–Crippen MR) is 197 cm³/mol. The van der Waals surface area contributed by atoms with E-state index in [0.29, 0.717) is 11.4 Å². The van der Waals surface area contributed by atoms with E-state index in [0.717, 1.165) is 60.5 Å². The van der Waals surface area contributed by atoms with Gasteiger partial charge < -0.3 is 0 Å². The van der Waals surface area contributed by atoms with Crippen molar-refractivity contribution in [3.05, 3.63) is 122 Å². The number of pyridine rings is 1. The Morgan fingerprint density at radius 1 is 0.478 bits per heavy atom. The molecule has 2 aromatic heterocycles. The van der Waals surface area contributed by atoms with Crippen LogP contribution in [0, 0.1) is 0 Å². The van der Waals surface area contributed by atoms with E-state index in [1.54, 1.807) is 6.20 Å². The van der Waals surface area contributed by atoms with Crippen molar-refractivity contribution in [1.29, 1.82) is 0 Å². The Bertz CT molecular complexity index is 2400. The van der Waals surface area contributed by atoms with E-state index in [4.69, 9.17) is 44.2 Å². The molecule has 0 aliphatic rings. The molecule has 2 heterocycles. The van der Waals surface area contributed by atoms with Crippen molar-refractivity contribution < 1.29 is 0 Å². The highest BCUT2D eigenvalue weighted by Gasteiger charge is 2.24. The van der Waals surface area contributed by atoms with Crippen molar-refractivity contribution >= 4 is 99.1 Å². The molecule has 8 aromatic rings. The van der Waals surface area contributed by atoms with Gasteiger partial charge in [-0.1, -0.05) is 95.9 Å². The molecular formula is C38H20B5N3. The van der Waals surface area contributed by atoms with Gasteiger partial charge in [0.15, 0.2) is 0 Å². The standard InChI is InChI=1S/C38H20B5N3/c39-32-31(33(40)35(42)36(43)34(32)41)38-45-28-16-5-6-17-29(28)46(38)37-26-14-3-1-12-24(26)30(25-13-2-4-15-27(25)37)22-10-7-9-21(19-22)23-11-8-18-44-20-23/h1-20H. The molecule has 0 fully saturated rings. The molecule has 0 bridgehead atoms. The quantitative estimate of drug-likeness (QED) is 0.238. The molecule has 0 aliphatic heterocycles. The summed E-state index contributed by atoms with van der Waals surface area (Å²) in [6, 6.07) is 37.4. The maximum Gasteiger partial charge on any atom is 0.144 e. The Hall–Kier alpha value is -5.22. The lowest BCUT2D eigenvalue weighted by atomic mass is 9.60. The second-order valence-corrected chi connectivity index (χ2v) is 11.3. The number of hydrogen-bond donors (Lipinski definition) is 0. The smallest absolute Gasteiger partial charge is 0.144 e. The zero-order valence-electron chi connectivity index (χ0n) is 24.8. The van der Waals surface area contributed by atoms with Crippen LogP contribution in [-0.4, -0.2) is 53.8 Å². The molecular weight excluding hydrogens is 552 g/mol. The number of benzene rings is 6. The molecule has 6 aromatic carbocycles. The van der Waals surface area contributed by atoms with E-state index in [1.807, 2.05) is 36.5 Å². The minimum atomic E-state index is 0.162. The van der Waals surface area contributed by atoms with Crippen LogP contribution in [0.4, 0.5) is 0 Å². The van der Waals surface area contributed by atoms with Gasteiger partial charge in [-0.2, -0.15) is 0 Å². The van der Waals surface area contributed by atoms with E-state index in [-0.39, 0.29) is 27.3 Å². The van der Waals surface area contributed by atoms with E-state index >= 15 is 0 Å². The molecule has 8 rings (SSSR count). The lowest BCUT2D eigenvalue weighted by Gasteiger charge is -2.23. The third-order valence-corrected chi connectivity index (χ3v) is 8.76. The Morgan fingerprint density at radius 3 is 1.70 bits per heavy atom. The summed E-state index contributed by atoms with van der Waals surface area (Å²) in [6.07, 6.45) is 3.67. The third kappa shape index (κ3) is 4.28. The van der Waals surface area contributed by atoms with Crippen LogP contribution in [0.2, 0.25) is 0 Å². The topological polar surface area (TPSA) is 30.7 Å². The number of rotatable bonds is 4. The van der Waals surface area contributed by atoms with E-state index in [1.165, 1.54) is 0 Å². The largest absolute Gasteiger partial charge is 0.291 e. The maximum absolute atomic E-state index is 6.64. The number of hydrogen-bond acceptors (Lipinski definition) is 2. The van der Waals surface area contributed by atoms with Crippen molar-refractivity contribution in [2.75, 3.05) is 0 Å². The van der Waals surface area contributed by atoms with Gasteiger partial charge in [0.25, 0.3) is 0 Å². The average molecular weight is 573 g/mol. The zero-order valence-corrected chi connectivity index (χ0v) is 24.8. The SMILES string of the molecule is [B]c1c([B])c([B])c(-c2nc3ccccc3n2-c2c3ccccc3c(-c3cccc(-c4cccnc4)c3)c3ccccc23)c([B])c1[B]. The Kier molecular flexibility index (Phi) is 6.76.